The fourth-order valence-electron chi connectivity index (χ4n) is 3.26. The predicted molar refractivity (Wildman–Crippen MR) is 123 cm³/mol. The number of alkyl carbamates (subject to hydrolysis) is 1. The second-order valence-corrected chi connectivity index (χ2v) is 9.91. The van der Waals surface area contributed by atoms with Crippen molar-refractivity contribution in [2.75, 3.05) is 26.2 Å². The summed E-state index contributed by atoms with van der Waals surface area (Å²) < 4.78 is 10.7. The number of hydrogen-bond donors (Lipinski definition) is 1. The lowest BCUT2D eigenvalue weighted by Crippen LogP contribution is -2.41. The Labute approximate surface area is 195 Å². The van der Waals surface area contributed by atoms with Crippen molar-refractivity contribution in [2.45, 2.75) is 65.6 Å². The van der Waals surface area contributed by atoms with Crippen LogP contribution < -0.4 is 5.32 Å². The first-order chi connectivity index (χ1) is 15.3. The van der Waals surface area contributed by atoms with Crippen molar-refractivity contribution in [2.24, 2.45) is 0 Å². The second kappa shape index (κ2) is 10.7. The second-order valence-electron chi connectivity index (χ2n) is 9.91. The molecule has 1 aromatic carbocycles. The number of nitrogens with zero attached hydrogens (tertiary/aromatic N) is 2. The molecule has 0 aromatic heterocycles. The van der Waals surface area contributed by atoms with Crippen LogP contribution in [-0.4, -0.2) is 71.2 Å². The lowest BCUT2D eigenvalue weighted by Gasteiger charge is -2.28. The summed E-state index contributed by atoms with van der Waals surface area (Å²) in [5, 5.41) is 2.67. The Hall–Kier alpha value is -3.10. The summed E-state index contributed by atoms with van der Waals surface area (Å²) in [5.41, 5.74) is -0.442. The molecule has 2 rings (SSSR count). The molecule has 0 bridgehead atoms. The van der Waals surface area contributed by atoms with Gasteiger partial charge in [-0.3, -0.25) is 14.5 Å². The van der Waals surface area contributed by atoms with E-state index in [9.17, 15) is 19.2 Å². The molecule has 0 atom stereocenters. The number of rotatable bonds is 8. The maximum absolute atomic E-state index is 12.7. The van der Waals surface area contributed by atoms with Gasteiger partial charge in [-0.1, -0.05) is 12.1 Å². The molecular weight excluding hydrogens is 426 g/mol. The van der Waals surface area contributed by atoms with Gasteiger partial charge in [-0.05, 0) is 66.5 Å². The van der Waals surface area contributed by atoms with Crippen LogP contribution in [0.1, 0.15) is 75.1 Å². The van der Waals surface area contributed by atoms with Crippen molar-refractivity contribution < 1.29 is 28.7 Å². The molecule has 1 aromatic rings. The van der Waals surface area contributed by atoms with Gasteiger partial charge in [-0.25, -0.2) is 9.59 Å². The molecule has 182 valence electrons. The molecule has 9 nitrogen and oxygen atoms in total. The lowest BCUT2D eigenvalue weighted by molar-refractivity contribution is 0.0243. The van der Waals surface area contributed by atoms with Gasteiger partial charge < -0.3 is 19.7 Å². The number of carbonyl (C=O) groups excluding carboxylic acids is 4. The highest BCUT2D eigenvalue weighted by Crippen LogP contribution is 2.22. The molecule has 0 saturated heterocycles. The number of fused-ring (bicyclic) bond motifs is 1. The van der Waals surface area contributed by atoms with Gasteiger partial charge in [-0.2, -0.15) is 0 Å². The van der Waals surface area contributed by atoms with Crippen molar-refractivity contribution in [3.63, 3.8) is 0 Å². The SMILES string of the molecule is CC(C)(C)OC(=O)NCCCN(CCCN1C(=O)c2ccccc2C1=O)C(=O)OC(C)(C)C. The summed E-state index contributed by atoms with van der Waals surface area (Å²) in [7, 11) is 0. The molecule has 1 aliphatic rings. The summed E-state index contributed by atoms with van der Waals surface area (Å²) in [6.07, 6.45) is -0.102. The van der Waals surface area contributed by atoms with E-state index in [1.807, 2.05) is 0 Å². The van der Waals surface area contributed by atoms with E-state index in [0.717, 1.165) is 0 Å². The molecular formula is C24H35N3O6. The minimum absolute atomic E-state index is 0.196. The maximum Gasteiger partial charge on any atom is 0.410 e. The van der Waals surface area contributed by atoms with Crippen molar-refractivity contribution >= 4 is 24.0 Å². The third kappa shape index (κ3) is 8.07. The van der Waals surface area contributed by atoms with Crippen molar-refractivity contribution in [1.82, 2.24) is 15.1 Å². The van der Waals surface area contributed by atoms with Crippen molar-refractivity contribution in [1.29, 1.82) is 0 Å². The smallest absolute Gasteiger partial charge is 0.410 e. The third-order valence-corrected chi connectivity index (χ3v) is 4.61. The normalized spacial score (nSPS) is 13.6. The first kappa shape index (κ1) is 26.2. The first-order valence-electron chi connectivity index (χ1n) is 11.2. The number of amides is 4. The Kier molecular flexibility index (Phi) is 8.46. The highest BCUT2D eigenvalue weighted by molar-refractivity contribution is 6.21. The molecule has 4 amide bonds. The standard InChI is InChI=1S/C24H35N3O6/c1-23(2,3)32-21(30)25-13-9-14-26(22(31)33-24(4,5)6)15-10-16-27-19(28)17-11-7-8-12-18(17)20(27)29/h7-8,11-12H,9-10,13-16H2,1-6H3,(H,25,30). The van der Waals surface area contributed by atoms with E-state index in [1.54, 1.807) is 65.8 Å². The van der Waals surface area contributed by atoms with E-state index in [4.69, 9.17) is 9.47 Å². The van der Waals surface area contributed by atoms with Gasteiger partial charge in [0.2, 0.25) is 0 Å². The molecule has 0 aliphatic carbocycles. The minimum Gasteiger partial charge on any atom is -0.444 e. The van der Waals surface area contributed by atoms with Gasteiger partial charge in [0.25, 0.3) is 11.8 Å². The fraction of sp³-hybridized carbons (Fsp3) is 0.583. The van der Waals surface area contributed by atoms with Crippen LogP contribution in [0.25, 0.3) is 0 Å². The lowest BCUT2D eigenvalue weighted by atomic mass is 10.1. The van der Waals surface area contributed by atoms with Crippen molar-refractivity contribution in [3.05, 3.63) is 35.4 Å². The molecule has 0 spiro atoms. The highest BCUT2D eigenvalue weighted by atomic mass is 16.6. The monoisotopic (exact) mass is 461 g/mol. The molecule has 33 heavy (non-hydrogen) atoms. The van der Waals surface area contributed by atoms with Crippen LogP contribution in [0.2, 0.25) is 0 Å². The molecule has 1 heterocycles. The van der Waals surface area contributed by atoms with Crippen LogP contribution in [0.4, 0.5) is 9.59 Å². The zero-order chi connectivity index (χ0) is 24.8. The molecule has 9 heteroatoms. The summed E-state index contributed by atoms with van der Waals surface area (Å²) in [6, 6.07) is 6.73. The minimum atomic E-state index is -0.660. The van der Waals surface area contributed by atoms with Gasteiger partial charge in [0.15, 0.2) is 0 Å². The summed E-state index contributed by atoms with van der Waals surface area (Å²) in [5.74, 6) is -0.637. The summed E-state index contributed by atoms with van der Waals surface area (Å²) >= 11 is 0. The Bertz CT molecular complexity index is 850. The van der Waals surface area contributed by atoms with Crippen LogP contribution in [-0.2, 0) is 9.47 Å². The number of carbonyl (C=O) groups is 4. The largest absolute Gasteiger partial charge is 0.444 e. The molecule has 1 aliphatic heterocycles. The van der Waals surface area contributed by atoms with Gasteiger partial charge >= 0.3 is 12.2 Å². The van der Waals surface area contributed by atoms with E-state index in [1.165, 1.54) is 9.80 Å². The van der Waals surface area contributed by atoms with Crippen molar-refractivity contribution in [3.8, 4) is 0 Å². The summed E-state index contributed by atoms with van der Waals surface area (Å²) in [4.78, 5) is 52.2. The summed E-state index contributed by atoms with van der Waals surface area (Å²) in [6.45, 7) is 11.9. The third-order valence-electron chi connectivity index (χ3n) is 4.61. The Morgan fingerprint density at radius 2 is 1.39 bits per heavy atom. The fourth-order valence-corrected chi connectivity index (χ4v) is 3.26. The van der Waals surface area contributed by atoms with Crippen LogP contribution in [0.5, 0.6) is 0 Å². The molecule has 0 saturated carbocycles. The maximum atomic E-state index is 12.7. The first-order valence-corrected chi connectivity index (χ1v) is 11.2. The number of hydrogen-bond acceptors (Lipinski definition) is 6. The van der Waals surface area contributed by atoms with E-state index in [0.29, 0.717) is 43.6 Å². The van der Waals surface area contributed by atoms with Gasteiger partial charge in [0.1, 0.15) is 11.2 Å². The van der Waals surface area contributed by atoms with Crippen LogP contribution in [0.3, 0.4) is 0 Å². The number of imide groups is 1. The zero-order valence-electron chi connectivity index (χ0n) is 20.4. The Balaban J connectivity index is 1.89. The van der Waals surface area contributed by atoms with E-state index in [-0.39, 0.29) is 18.4 Å². The average molecular weight is 462 g/mol. The predicted octanol–water partition coefficient (Wildman–Crippen LogP) is 3.82. The van der Waals surface area contributed by atoms with Gasteiger partial charge in [0.05, 0.1) is 11.1 Å². The van der Waals surface area contributed by atoms with Crippen LogP contribution >= 0.6 is 0 Å². The van der Waals surface area contributed by atoms with E-state index < -0.39 is 23.4 Å². The molecule has 0 radical (unpaired) electrons. The van der Waals surface area contributed by atoms with Gasteiger partial charge in [-0.15, -0.1) is 0 Å². The number of benzene rings is 1. The highest BCUT2D eigenvalue weighted by Gasteiger charge is 2.34. The Morgan fingerprint density at radius 3 is 1.91 bits per heavy atom. The quantitative estimate of drug-likeness (QED) is 0.466. The number of ether oxygens (including phenoxy) is 2. The topological polar surface area (TPSA) is 105 Å². The van der Waals surface area contributed by atoms with Crippen LogP contribution in [0, 0.1) is 0 Å². The van der Waals surface area contributed by atoms with E-state index >= 15 is 0 Å². The average Bonchev–Trinajstić information content (AvgIpc) is 2.92. The zero-order valence-corrected chi connectivity index (χ0v) is 20.4. The van der Waals surface area contributed by atoms with E-state index in [2.05, 4.69) is 5.32 Å². The molecule has 0 fully saturated rings. The van der Waals surface area contributed by atoms with Crippen LogP contribution in [0.15, 0.2) is 24.3 Å². The molecule has 1 N–H and O–H groups in total. The van der Waals surface area contributed by atoms with Gasteiger partial charge in [0, 0.05) is 26.2 Å². The molecule has 0 unspecified atom stereocenters. The Morgan fingerprint density at radius 1 is 0.879 bits per heavy atom. The number of nitrogens with one attached hydrogen (secondary N) is 1.